The molecule has 0 saturated carbocycles. The molecule has 4 rings (SSSR count). The first kappa shape index (κ1) is 18.0. The monoisotopic (exact) mass is 354 g/mol. The molecule has 2 aliphatic carbocycles. The molecule has 0 atom stereocenters. The molecular formula is C27H30. The van der Waals surface area contributed by atoms with E-state index >= 15 is 0 Å². The first-order chi connectivity index (χ1) is 12.7. The average molecular weight is 355 g/mol. The van der Waals surface area contributed by atoms with Gasteiger partial charge >= 0.3 is 0 Å². The van der Waals surface area contributed by atoms with Gasteiger partial charge < -0.3 is 0 Å². The Morgan fingerprint density at radius 1 is 0.889 bits per heavy atom. The zero-order valence-electron chi connectivity index (χ0n) is 17.3. The molecule has 0 heteroatoms. The van der Waals surface area contributed by atoms with Crippen LogP contribution >= 0.6 is 0 Å². The van der Waals surface area contributed by atoms with Crippen LogP contribution in [-0.2, 0) is 17.3 Å². The fourth-order valence-electron chi connectivity index (χ4n) is 4.19. The van der Waals surface area contributed by atoms with E-state index in [1.54, 1.807) is 0 Å². The molecule has 2 aromatic rings. The summed E-state index contributed by atoms with van der Waals surface area (Å²) in [6.07, 6.45) is 12.1. The second kappa shape index (κ2) is 6.09. The predicted octanol–water partition coefficient (Wildman–Crippen LogP) is 7.23. The third kappa shape index (κ3) is 3.02. The highest BCUT2D eigenvalue weighted by molar-refractivity contribution is 5.80. The Kier molecular flexibility index (Phi) is 4.07. The van der Waals surface area contributed by atoms with Gasteiger partial charge in [0.1, 0.15) is 0 Å². The first-order valence-corrected chi connectivity index (χ1v) is 10.0. The molecule has 0 amide bonds. The van der Waals surface area contributed by atoms with Crippen molar-refractivity contribution in [1.29, 1.82) is 0 Å². The van der Waals surface area contributed by atoms with Gasteiger partial charge in [-0.3, -0.25) is 0 Å². The molecule has 2 aliphatic rings. The van der Waals surface area contributed by atoms with Gasteiger partial charge in [-0.25, -0.2) is 0 Å². The Morgan fingerprint density at radius 2 is 1.56 bits per heavy atom. The van der Waals surface area contributed by atoms with Crippen LogP contribution in [0.3, 0.4) is 0 Å². The van der Waals surface area contributed by atoms with Gasteiger partial charge in [0.05, 0.1) is 0 Å². The van der Waals surface area contributed by atoms with E-state index < -0.39 is 0 Å². The molecule has 0 saturated heterocycles. The molecule has 0 bridgehead atoms. The normalized spacial score (nSPS) is 15.9. The molecule has 0 N–H and O–H groups in total. The summed E-state index contributed by atoms with van der Waals surface area (Å²) in [7, 11) is 0. The Balaban J connectivity index is 1.94. The van der Waals surface area contributed by atoms with Crippen molar-refractivity contribution in [3.8, 4) is 11.1 Å². The summed E-state index contributed by atoms with van der Waals surface area (Å²) in [5.41, 5.74) is 10.2. The van der Waals surface area contributed by atoms with Crippen molar-refractivity contribution in [2.75, 3.05) is 0 Å². The van der Waals surface area contributed by atoms with Crippen LogP contribution in [-0.4, -0.2) is 0 Å². The van der Waals surface area contributed by atoms with Crippen LogP contribution in [0, 0.1) is 0 Å². The minimum atomic E-state index is -0.0147. The standard InChI is InChI=1S/C27H30/c1-7-27(5,6)20-13-12-19-14-24-22(18-10-8-9-11-18)16-21(26(2,3)4)17-25(24)23(19)15-20/h7-13,15-18H,1,14H2,2-6H3. The molecule has 27 heavy (non-hydrogen) atoms. The van der Waals surface area contributed by atoms with Crippen molar-refractivity contribution in [2.24, 2.45) is 0 Å². The predicted molar refractivity (Wildman–Crippen MR) is 118 cm³/mol. The van der Waals surface area contributed by atoms with Crippen LogP contribution in [0.5, 0.6) is 0 Å². The number of allylic oxidation sites excluding steroid dienone is 5. The van der Waals surface area contributed by atoms with Crippen molar-refractivity contribution in [3.63, 3.8) is 0 Å². The summed E-state index contributed by atoms with van der Waals surface area (Å²) in [6.45, 7) is 15.5. The molecule has 0 aromatic heterocycles. The van der Waals surface area contributed by atoms with Crippen molar-refractivity contribution < 1.29 is 0 Å². The van der Waals surface area contributed by atoms with Gasteiger partial charge in [0.2, 0.25) is 0 Å². The van der Waals surface area contributed by atoms with Crippen LogP contribution in [0.1, 0.15) is 68.4 Å². The lowest BCUT2D eigenvalue weighted by molar-refractivity contribution is 0.589. The van der Waals surface area contributed by atoms with E-state index in [9.17, 15) is 0 Å². The van der Waals surface area contributed by atoms with Crippen LogP contribution in [0.15, 0.2) is 67.3 Å². The highest BCUT2D eigenvalue weighted by Gasteiger charge is 2.28. The van der Waals surface area contributed by atoms with Crippen LogP contribution in [0.4, 0.5) is 0 Å². The molecule has 0 radical (unpaired) electrons. The summed E-state index contributed by atoms with van der Waals surface area (Å²) in [5, 5.41) is 0. The van der Waals surface area contributed by atoms with Gasteiger partial charge in [-0.05, 0) is 56.8 Å². The molecular weight excluding hydrogens is 324 g/mol. The zero-order chi connectivity index (χ0) is 19.4. The maximum atomic E-state index is 4.04. The quantitative estimate of drug-likeness (QED) is 0.435. The van der Waals surface area contributed by atoms with Gasteiger partial charge in [-0.2, -0.15) is 0 Å². The summed E-state index contributed by atoms with van der Waals surface area (Å²) < 4.78 is 0. The molecule has 2 aromatic carbocycles. The average Bonchev–Trinajstić information content (AvgIpc) is 3.27. The summed E-state index contributed by atoms with van der Waals surface area (Å²) in [4.78, 5) is 0. The molecule has 0 aliphatic heterocycles. The SMILES string of the molecule is C=CC(C)(C)c1ccc2c(c1)-c1cc(C(C)(C)C)cc(C3C=CC=C3)c1C2. The topological polar surface area (TPSA) is 0 Å². The van der Waals surface area contributed by atoms with E-state index in [0.29, 0.717) is 5.92 Å². The van der Waals surface area contributed by atoms with Crippen molar-refractivity contribution in [1.82, 2.24) is 0 Å². The molecule has 0 fully saturated rings. The highest BCUT2D eigenvalue weighted by atomic mass is 14.3. The second-order valence-electron chi connectivity index (χ2n) is 9.61. The van der Waals surface area contributed by atoms with E-state index in [0.717, 1.165) is 6.42 Å². The minimum absolute atomic E-state index is 0.0147. The lowest BCUT2D eigenvalue weighted by atomic mass is 9.80. The lowest BCUT2D eigenvalue weighted by Gasteiger charge is -2.24. The maximum Gasteiger partial charge on any atom is 0.0208 e. The van der Waals surface area contributed by atoms with Gasteiger partial charge in [0, 0.05) is 11.3 Å². The summed E-state index contributed by atoms with van der Waals surface area (Å²) in [6, 6.07) is 11.9. The van der Waals surface area contributed by atoms with Gasteiger partial charge in [-0.15, -0.1) is 6.58 Å². The fraction of sp³-hybridized carbons (Fsp3) is 0.333. The third-order valence-corrected chi connectivity index (χ3v) is 6.28. The smallest absolute Gasteiger partial charge is 0.0208 e. The van der Waals surface area contributed by atoms with Crippen molar-refractivity contribution >= 4 is 0 Å². The molecule has 0 unspecified atom stereocenters. The minimum Gasteiger partial charge on any atom is -0.102 e. The number of fused-ring (bicyclic) bond motifs is 3. The second-order valence-corrected chi connectivity index (χ2v) is 9.61. The van der Waals surface area contributed by atoms with Gasteiger partial charge in [0.15, 0.2) is 0 Å². The van der Waals surface area contributed by atoms with Crippen molar-refractivity contribution in [2.45, 2.75) is 57.8 Å². The van der Waals surface area contributed by atoms with Crippen LogP contribution < -0.4 is 0 Å². The third-order valence-electron chi connectivity index (χ3n) is 6.28. The Bertz CT molecular complexity index is 962. The van der Waals surface area contributed by atoms with Crippen molar-refractivity contribution in [3.05, 3.63) is 95.1 Å². The lowest BCUT2D eigenvalue weighted by Crippen LogP contribution is -2.13. The van der Waals surface area contributed by atoms with E-state index in [-0.39, 0.29) is 10.8 Å². The van der Waals surface area contributed by atoms with E-state index in [2.05, 4.69) is 102 Å². The van der Waals surface area contributed by atoms with E-state index in [1.165, 1.54) is 38.9 Å². The molecule has 138 valence electrons. The van der Waals surface area contributed by atoms with E-state index in [4.69, 9.17) is 0 Å². The van der Waals surface area contributed by atoms with Gasteiger partial charge in [0.25, 0.3) is 0 Å². The van der Waals surface area contributed by atoms with Crippen LogP contribution in [0.25, 0.3) is 11.1 Å². The Hall–Kier alpha value is -2.34. The molecule has 0 nitrogen and oxygen atoms in total. The van der Waals surface area contributed by atoms with E-state index in [1.807, 2.05) is 0 Å². The molecule has 0 spiro atoms. The number of hydrogen-bond donors (Lipinski definition) is 0. The largest absolute Gasteiger partial charge is 0.102 e. The Labute approximate surface area is 164 Å². The summed E-state index contributed by atoms with van der Waals surface area (Å²) in [5.74, 6) is 0.402. The maximum absolute atomic E-state index is 4.04. The van der Waals surface area contributed by atoms with Crippen LogP contribution in [0.2, 0.25) is 0 Å². The Morgan fingerprint density at radius 3 is 2.19 bits per heavy atom. The first-order valence-electron chi connectivity index (χ1n) is 10.0. The zero-order valence-corrected chi connectivity index (χ0v) is 17.3. The van der Waals surface area contributed by atoms with Gasteiger partial charge in [-0.1, -0.05) is 89.3 Å². The summed E-state index contributed by atoms with van der Waals surface area (Å²) >= 11 is 0. The highest BCUT2D eigenvalue weighted by Crippen LogP contribution is 2.45. The number of benzene rings is 2. The molecule has 0 heterocycles. The fourth-order valence-corrected chi connectivity index (χ4v) is 4.19. The number of hydrogen-bond acceptors (Lipinski definition) is 0. The number of rotatable bonds is 3.